The molecule has 3 nitrogen and oxygen atoms in total. The normalized spacial score (nSPS) is 15.7. The third-order valence-electron chi connectivity index (χ3n) is 5.26. The van der Waals surface area contributed by atoms with Crippen LogP contribution in [0.5, 0.6) is 0 Å². The molecule has 1 aromatic heterocycles. The van der Waals surface area contributed by atoms with E-state index in [1.165, 1.54) is 17.2 Å². The van der Waals surface area contributed by atoms with Crippen LogP contribution in [0.4, 0.5) is 19.0 Å². The Kier molecular flexibility index (Phi) is 5.53. The Labute approximate surface area is 168 Å². The highest BCUT2D eigenvalue weighted by atomic mass is 19.4. The number of rotatable bonds is 4. The first-order chi connectivity index (χ1) is 14.0. The summed E-state index contributed by atoms with van der Waals surface area (Å²) in [4.78, 5) is 8.15. The van der Waals surface area contributed by atoms with Crippen molar-refractivity contribution in [1.82, 2.24) is 9.88 Å². The van der Waals surface area contributed by atoms with E-state index in [1.807, 2.05) is 41.3 Å². The summed E-state index contributed by atoms with van der Waals surface area (Å²) in [7, 11) is 0. The van der Waals surface area contributed by atoms with Gasteiger partial charge in [-0.25, -0.2) is 4.98 Å². The van der Waals surface area contributed by atoms with Crippen molar-refractivity contribution >= 4 is 5.82 Å². The molecule has 0 amide bonds. The minimum absolute atomic E-state index is 0.119. The van der Waals surface area contributed by atoms with Gasteiger partial charge in [0.25, 0.3) is 0 Å². The average Bonchev–Trinajstić information content (AvgIpc) is 2.76. The van der Waals surface area contributed by atoms with E-state index in [-0.39, 0.29) is 6.04 Å². The predicted octanol–water partition coefficient (Wildman–Crippen LogP) is 5.01. The van der Waals surface area contributed by atoms with Crippen molar-refractivity contribution in [3.63, 3.8) is 0 Å². The number of halogens is 3. The van der Waals surface area contributed by atoms with Gasteiger partial charge in [-0.05, 0) is 23.3 Å². The number of anilines is 1. The quantitative estimate of drug-likeness (QED) is 0.617. The molecule has 4 rings (SSSR count). The topological polar surface area (TPSA) is 19.4 Å². The lowest BCUT2D eigenvalue weighted by atomic mass is 9.96. The summed E-state index contributed by atoms with van der Waals surface area (Å²) in [5.41, 5.74) is 1.58. The van der Waals surface area contributed by atoms with E-state index in [0.29, 0.717) is 18.9 Å². The summed E-state index contributed by atoms with van der Waals surface area (Å²) in [6.07, 6.45) is -4.43. The molecule has 2 aromatic carbocycles. The van der Waals surface area contributed by atoms with Gasteiger partial charge in [-0.15, -0.1) is 0 Å². The molecule has 0 unspecified atom stereocenters. The van der Waals surface area contributed by atoms with Gasteiger partial charge < -0.3 is 4.90 Å². The first-order valence-corrected chi connectivity index (χ1v) is 9.65. The maximum Gasteiger partial charge on any atom is 0.433 e. The molecule has 0 spiro atoms. The van der Waals surface area contributed by atoms with E-state index in [2.05, 4.69) is 34.1 Å². The second-order valence-corrected chi connectivity index (χ2v) is 7.13. The molecule has 0 aliphatic carbocycles. The largest absolute Gasteiger partial charge is 0.433 e. The molecule has 1 saturated heterocycles. The summed E-state index contributed by atoms with van der Waals surface area (Å²) in [6, 6.07) is 24.9. The summed E-state index contributed by atoms with van der Waals surface area (Å²) in [6.45, 7) is 2.74. The number of piperazine rings is 1. The second kappa shape index (κ2) is 8.25. The number of nitrogens with zero attached hydrogens (tertiary/aromatic N) is 3. The van der Waals surface area contributed by atoms with Gasteiger partial charge in [-0.2, -0.15) is 13.2 Å². The highest BCUT2D eigenvalue weighted by molar-refractivity contribution is 5.41. The summed E-state index contributed by atoms with van der Waals surface area (Å²) in [5.74, 6) is 0.385. The SMILES string of the molecule is FC(F)(F)c1cccc(N2CCN(C(c3ccccc3)c3ccccc3)CC2)n1. The van der Waals surface area contributed by atoms with Crippen LogP contribution in [0.2, 0.25) is 0 Å². The molecular weight excluding hydrogens is 375 g/mol. The second-order valence-electron chi connectivity index (χ2n) is 7.13. The molecule has 1 aliphatic heterocycles. The number of hydrogen-bond acceptors (Lipinski definition) is 3. The zero-order chi connectivity index (χ0) is 20.3. The molecule has 0 radical (unpaired) electrons. The molecule has 0 saturated carbocycles. The van der Waals surface area contributed by atoms with Crippen molar-refractivity contribution in [2.45, 2.75) is 12.2 Å². The van der Waals surface area contributed by atoms with E-state index >= 15 is 0 Å². The Bertz CT molecular complexity index is 881. The number of pyridine rings is 1. The van der Waals surface area contributed by atoms with Crippen molar-refractivity contribution in [3.05, 3.63) is 95.7 Å². The van der Waals surface area contributed by atoms with E-state index in [1.54, 1.807) is 6.07 Å². The Morgan fingerprint density at radius 3 is 1.76 bits per heavy atom. The van der Waals surface area contributed by atoms with Crippen LogP contribution >= 0.6 is 0 Å². The smallest absolute Gasteiger partial charge is 0.354 e. The Balaban J connectivity index is 1.53. The standard InChI is InChI=1S/C23H22F3N3/c24-23(25,26)20-12-7-13-21(27-20)28-14-16-29(17-15-28)22(18-8-3-1-4-9-18)19-10-5-2-6-11-19/h1-13,22H,14-17H2. The van der Waals surface area contributed by atoms with Gasteiger partial charge in [0.2, 0.25) is 0 Å². The van der Waals surface area contributed by atoms with Crippen molar-refractivity contribution in [1.29, 1.82) is 0 Å². The lowest BCUT2D eigenvalue weighted by molar-refractivity contribution is -0.141. The van der Waals surface area contributed by atoms with Crippen LogP contribution < -0.4 is 4.90 Å². The van der Waals surface area contributed by atoms with Gasteiger partial charge in [0.1, 0.15) is 11.5 Å². The first-order valence-electron chi connectivity index (χ1n) is 9.65. The predicted molar refractivity (Wildman–Crippen MR) is 108 cm³/mol. The van der Waals surface area contributed by atoms with Crippen LogP contribution in [0.15, 0.2) is 78.9 Å². The van der Waals surface area contributed by atoms with Crippen molar-refractivity contribution in [2.75, 3.05) is 31.1 Å². The zero-order valence-electron chi connectivity index (χ0n) is 15.9. The molecule has 6 heteroatoms. The minimum Gasteiger partial charge on any atom is -0.354 e. The Morgan fingerprint density at radius 2 is 1.24 bits per heavy atom. The molecule has 150 valence electrons. The number of aromatic nitrogens is 1. The molecule has 0 atom stereocenters. The fourth-order valence-corrected chi connectivity index (χ4v) is 3.85. The van der Waals surface area contributed by atoms with Gasteiger partial charge in [-0.3, -0.25) is 4.90 Å². The van der Waals surface area contributed by atoms with E-state index < -0.39 is 11.9 Å². The van der Waals surface area contributed by atoms with E-state index in [0.717, 1.165) is 19.2 Å². The average molecular weight is 397 g/mol. The highest BCUT2D eigenvalue weighted by Gasteiger charge is 2.33. The maximum atomic E-state index is 13.0. The summed E-state index contributed by atoms with van der Waals surface area (Å²) < 4.78 is 39.0. The van der Waals surface area contributed by atoms with Crippen LogP contribution in [-0.4, -0.2) is 36.1 Å². The zero-order valence-corrected chi connectivity index (χ0v) is 15.9. The summed E-state index contributed by atoms with van der Waals surface area (Å²) >= 11 is 0. The van der Waals surface area contributed by atoms with Crippen molar-refractivity contribution in [3.8, 4) is 0 Å². The maximum absolute atomic E-state index is 13.0. The van der Waals surface area contributed by atoms with Gasteiger partial charge in [0, 0.05) is 26.2 Å². The van der Waals surface area contributed by atoms with Gasteiger partial charge in [0.05, 0.1) is 6.04 Å². The molecule has 1 aliphatic rings. The number of hydrogen-bond donors (Lipinski definition) is 0. The molecule has 1 fully saturated rings. The van der Waals surface area contributed by atoms with Crippen LogP contribution in [0.1, 0.15) is 22.9 Å². The van der Waals surface area contributed by atoms with Crippen LogP contribution in [0.25, 0.3) is 0 Å². The number of alkyl halides is 3. The van der Waals surface area contributed by atoms with Crippen molar-refractivity contribution < 1.29 is 13.2 Å². The third-order valence-corrected chi connectivity index (χ3v) is 5.26. The minimum atomic E-state index is -4.43. The molecule has 29 heavy (non-hydrogen) atoms. The Morgan fingerprint density at radius 1 is 0.690 bits per heavy atom. The van der Waals surface area contributed by atoms with Gasteiger partial charge in [-0.1, -0.05) is 66.7 Å². The number of benzene rings is 2. The molecule has 0 N–H and O–H groups in total. The van der Waals surface area contributed by atoms with Crippen LogP contribution in [0, 0.1) is 0 Å². The fraction of sp³-hybridized carbons (Fsp3) is 0.261. The van der Waals surface area contributed by atoms with Crippen molar-refractivity contribution in [2.24, 2.45) is 0 Å². The highest BCUT2D eigenvalue weighted by Crippen LogP contribution is 2.31. The van der Waals surface area contributed by atoms with E-state index in [4.69, 9.17) is 0 Å². The van der Waals surface area contributed by atoms with E-state index in [9.17, 15) is 13.2 Å². The third kappa shape index (κ3) is 4.43. The van der Waals surface area contributed by atoms with Gasteiger partial charge in [0.15, 0.2) is 0 Å². The lowest BCUT2D eigenvalue weighted by Gasteiger charge is -2.40. The van der Waals surface area contributed by atoms with Crippen LogP contribution in [-0.2, 0) is 6.18 Å². The Hall–Kier alpha value is -2.86. The monoisotopic (exact) mass is 397 g/mol. The van der Waals surface area contributed by atoms with Gasteiger partial charge >= 0.3 is 6.18 Å². The molecular formula is C23H22F3N3. The molecule has 0 bridgehead atoms. The van der Waals surface area contributed by atoms with Crippen LogP contribution in [0.3, 0.4) is 0 Å². The summed E-state index contributed by atoms with van der Waals surface area (Å²) in [5, 5.41) is 0. The first kappa shape index (κ1) is 19.5. The molecule has 2 heterocycles. The lowest BCUT2D eigenvalue weighted by Crippen LogP contribution is -2.48. The fourth-order valence-electron chi connectivity index (χ4n) is 3.85. The molecule has 3 aromatic rings.